The Morgan fingerprint density at radius 3 is 2.80 bits per heavy atom. The van der Waals surface area contributed by atoms with E-state index in [1.807, 2.05) is 43.3 Å². The fourth-order valence-corrected chi connectivity index (χ4v) is 7.12. The van der Waals surface area contributed by atoms with Crippen LogP contribution in [0, 0.1) is 9.74 Å². The molecule has 5 rings (SSSR count). The third kappa shape index (κ3) is 5.28. The second-order valence-corrected chi connectivity index (χ2v) is 12.1. The van der Waals surface area contributed by atoms with Crippen LogP contribution in [0.2, 0.25) is 0 Å². The number of esters is 2. The molecule has 1 aromatic heterocycles. The van der Waals surface area contributed by atoms with Crippen molar-refractivity contribution in [1.82, 2.24) is 0 Å². The van der Waals surface area contributed by atoms with Crippen LogP contribution >= 0.6 is 32.9 Å². The zero-order chi connectivity index (χ0) is 24.6. The number of benzene rings is 1. The lowest BCUT2D eigenvalue weighted by molar-refractivity contribution is -0.141. The number of epoxide rings is 1. The van der Waals surface area contributed by atoms with Gasteiger partial charge in [-0.2, -0.15) is 0 Å². The largest absolute Gasteiger partial charge is 0.490 e. The molecule has 4 atom stereocenters. The van der Waals surface area contributed by atoms with Crippen molar-refractivity contribution in [3.63, 3.8) is 0 Å². The minimum absolute atomic E-state index is 0.103. The lowest BCUT2D eigenvalue weighted by atomic mass is 9.84. The maximum atomic E-state index is 12.8. The van der Waals surface area contributed by atoms with E-state index in [1.54, 1.807) is 20.7 Å². The number of ether oxygens (including phenoxy) is 4. The number of carbonyl (C=O) groups excluding carboxylic acids is 2. The van der Waals surface area contributed by atoms with Crippen molar-refractivity contribution in [2.45, 2.75) is 50.4 Å². The van der Waals surface area contributed by atoms with Gasteiger partial charge in [0.2, 0.25) is 0 Å². The Morgan fingerprint density at radius 2 is 2.06 bits per heavy atom. The molecule has 0 N–H and O–H groups in total. The first-order valence-electron chi connectivity index (χ1n) is 11.6. The number of rotatable bonds is 6. The average Bonchev–Trinajstić information content (AvgIpc) is 3.16. The predicted molar refractivity (Wildman–Crippen MR) is 137 cm³/mol. The Bertz CT molecular complexity index is 1230. The molecule has 9 heteroatoms. The molecule has 6 nitrogen and oxygen atoms in total. The molecule has 35 heavy (non-hydrogen) atoms. The lowest BCUT2D eigenvalue weighted by Gasteiger charge is -2.19. The van der Waals surface area contributed by atoms with Crippen LogP contribution in [0.15, 0.2) is 54.1 Å². The van der Waals surface area contributed by atoms with Gasteiger partial charge in [0.25, 0.3) is 0 Å². The van der Waals surface area contributed by atoms with Crippen molar-refractivity contribution in [2.75, 3.05) is 13.2 Å². The van der Waals surface area contributed by atoms with Crippen LogP contribution in [-0.2, 0) is 23.8 Å². The quantitative estimate of drug-likeness (QED) is 0.115. The first-order valence-corrected chi connectivity index (χ1v) is 14.2. The molecule has 2 aromatic rings. The molecule has 2 aliphatic heterocycles. The summed E-state index contributed by atoms with van der Waals surface area (Å²) in [6.07, 6.45) is 4.05. The number of allylic oxidation sites excluding steroid dienone is 1. The highest BCUT2D eigenvalue weighted by Gasteiger charge is 2.61. The van der Waals surface area contributed by atoms with E-state index in [4.69, 9.17) is 31.2 Å². The molecular formula is C26H26O6S3. The highest BCUT2D eigenvalue weighted by atomic mass is 32.9. The van der Waals surface area contributed by atoms with Crippen molar-refractivity contribution in [2.24, 2.45) is 5.92 Å². The normalized spacial score (nSPS) is 29.3. The van der Waals surface area contributed by atoms with Crippen LogP contribution in [0.5, 0.6) is 5.75 Å². The van der Waals surface area contributed by atoms with Gasteiger partial charge in [-0.3, -0.25) is 0 Å². The Morgan fingerprint density at radius 1 is 1.26 bits per heavy atom. The number of hydrogen-bond donors (Lipinski definition) is 0. The molecule has 0 unspecified atom stereocenters. The van der Waals surface area contributed by atoms with Gasteiger partial charge in [0.15, 0.2) is 0 Å². The first-order chi connectivity index (χ1) is 16.8. The van der Waals surface area contributed by atoms with Crippen LogP contribution < -0.4 is 4.74 Å². The average molecular weight is 531 g/mol. The van der Waals surface area contributed by atoms with Gasteiger partial charge in [-0.05, 0) is 68.5 Å². The molecule has 2 saturated heterocycles. The molecule has 184 valence electrons. The smallest absolute Gasteiger partial charge is 0.334 e. The van der Waals surface area contributed by atoms with Gasteiger partial charge in [0.1, 0.15) is 35.0 Å². The topological polar surface area (TPSA) is 74.4 Å². The number of fused-ring (bicyclic) bond motifs is 3. The van der Waals surface area contributed by atoms with Gasteiger partial charge in [0.05, 0.1) is 5.60 Å². The van der Waals surface area contributed by atoms with Gasteiger partial charge in [-0.1, -0.05) is 45.6 Å². The van der Waals surface area contributed by atoms with Crippen molar-refractivity contribution in [3.05, 3.63) is 58.0 Å². The summed E-state index contributed by atoms with van der Waals surface area (Å²) in [5, 5.41) is 0. The molecule has 0 spiro atoms. The summed E-state index contributed by atoms with van der Waals surface area (Å²) in [5.74, 6) is -0.155. The highest BCUT2D eigenvalue weighted by molar-refractivity contribution is 7.80. The van der Waals surface area contributed by atoms with E-state index >= 15 is 0 Å². The first kappa shape index (κ1) is 24.4. The van der Waals surface area contributed by atoms with E-state index < -0.39 is 0 Å². The standard InChI is InChI=1S/C26H26O6S3/c1-15-19-10-7-17(4-3-11-26(2)23(32-26)22(19)31-24(15)27)25(28)30-13-12-29-18-8-5-16(6-9-18)20-14-21(33)35-34-20/h4-6,8-9,14,19,22-23H,1,3,7,10-13H2,2H3/b17-4+/t19-,22-,23-,26+/m0/s1. The Labute approximate surface area is 216 Å². The van der Waals surface area contributed by atoms with Gasteiger partial charge in [-0.25, -0.2) is 9.59 Å². The Kier molecular flexibility index (Phi) is 6.94. The molecule has 3 heterocycles. The summed E-state index contributed by atoms with van der Waals surface area (Å²) in [7, 11) is 3.24. The van der Waals surface area contributed by atoms with Gasteiger partial charge in [0, 0.05) is 21.9 Å². The zero-order valence-corrected chi connectivity index (χ0v) is 21.8. The fourth-order valence-electron chi connectivity index (χ4n) is 4.72. The predicted octanol–water partition coefficient (Wildman–Crippen LogP) is 5.88. The number of hydrogen-bond acceptors (Lipinski definition) is 9. The van der Waals surface area contributed by atoms with Crippen molar-refractivity contribution < 1.29 is 28.5 Å². The van der Waals surface area contributed by atoms with E-state index in [1.165, 1.54) is 0 Å². The third-order valence-corrected chi connectivity index (χ3v) is 9.70. The van der Waals surface area contributed by atoms with E-state index in [2.05, 4.69) is 6.58 Å². The van der Waals surface area contributed by atoms with Crippen molar-refractivity contribution in [1.29, 1.82) is 0 Å². The van der Waals surface area contributed by atoms with Crippen LogP contribution in [-0.4, -0.2) is 43.0 Å². The maximum Gasteiger partial charge on any atom is 0.334 e. The zero-order valence-electron chi connectivity index (χ0n) is 19.3. The molecule has 1 aliphatic carbocycles. The molecule has 0 saturated carbocycles. The lowest BCUT2D eigenvalue weighted by Crippen LogP contribution is -2.29. The van der Waals surface area contributed by atoms with Crippen LogP contribution in [0.1, 0.15) is 32.6 Å². The molecule has 0 radical (unpaired) electrons. The van der Waals surface area contributed by atoms with Gasteiger partial charge >= 0.3 is 11.9 Å². The summed E-state index contributed by atoms with van der Waals surface area (Å²) in [6.45, 7) is 6.35. The minimum Gasteiger partial charge on any atom is -0.490 e. The van der Waals surface area contributed by atoms with Gasteiger partial charge in [-0.15, -0.1) is 0 Å². The Balaban J connectivity index is 1.14. The molecule has 2 fully saturated rings. The molecular weight excluding hydrogens is 504 g/mol. The summed E-state index contributed by atoms with van der Waals surface area (Å²) in [6, 6.07) is 9.78. The minimum atomic E-state index is -0.364. The second kappa shape index (κ2) is 9.97. The van der Waals surface area contributed by atoms with Crippen LogP contribution in [0.3, 0.4) is 0 Å². The molecule has 0 amide bonds. The molecule has 1 aromatic carbocycles. The van der Waals surface area contributed by atoms with E-state index in [9.17, 15) is 9.59 Å². The van der Waals surface area contributed by atoms with Gasteiger partial charge < -0.3 is 18.9 Å². The fraction of sp³-hybridized carbons (Fsp3) is 0.423. The Hall–Kier alpha value is -2.33. The molecule has 3 aliphatic rings. The third-order valence-electron chi connectivity index (χ3n) is 6.79. The SMILES string of the molecule is C=C1C(=O)O[C@H]2[C@H]1CC/C(C(=O)OCCOc1ccc(-c3cc(=S)ss3)cc1)=C\CC[C@@]1(C)O[C@@H]21. The van der Waals surface area contributed by atoms with Crippen LogP contribution in [0.25, 0.3) is 10.4 Å². The summed E-state index contributed by atoms with van der Waals surface area (Å²) in [4.78, 5) is 26.0. The summed E-state index contributed by atoms with van der Waals surface area (Å²) >= 11 is 5.20. The van der Waals surface area contributed by atoms with E-state index in [-0.39, 0.29) is 48.9 Å². The van der Waals surface area contributed by atoms with Crippen molar-refractivity contribution in [3.8, 4) is 16.2 Å². The summed E-state index contributed by atoms with van der Waals surface area (Å²) < 4.78 is 23.6. The maximum absolute atomic E-state index is 12.8. The van der Waals surface area contributed by atoms with Crippen molar-refractivity contribution >= 4 is 44.8 Å². The highest BCUT2D eigenvalue weighted by Crippen LogP contribution is 2.49. The van der Waals surface area contributed by atoms with E-state index in [0.717, 1.165) is 20.7 Å². The second-order valence-electron chi connectivity index (χ2n) is 9.16. The monoisotopic (exact) mass is 530 g/mol. The molecule has 0 bridgehead atoms. The number of carbonyl (C=O) groups is 2. The van der Waals surface area contributed by atoms with Crippen LogP contribution in [0.4, 0.5) is 0 Å². The summed E-state index contributed by atoms with van der Waals surface area (Å²) in [5.41, 5.74) is 1.84. The van der Waals surface area contributed by atoms with E-state index in [0.29, 0.717) is 36.2 Å².